The molecule has 120 valence electrons. The van der Waals surface area contributed by atoms with Gasteiger partial charge in [0.25, 0.3) is 0 Å². The zero-order valence-corrected chi connectivity index (χ0v) is 13.5. The Morgan fingerprint density at radius 1 is 1.22 bits per heavy atom. The fraction of sp³-hybridized carbons (Fsp3) is 0.278. The van der Waals surface area contributed by atoms with Crippen LogP contribution < -0.4 is 4.74 Å². The van der Waals surface area contributed by atoms with Crippen molar-refractivity contribution in [2.45, 2.75) is 24.8 Å². The van der Waals surface area contributed by atoms with Crippen LogP contribution in [-0.4, -0.2) is 29.3 Å². The fourth-order valence-corrected chi connectivity index (χ4v) is 3.39. The highest BCUT2D eigenvalue weighted by Crippen LogP contribution is 2.39. The predicted molar refractivity (Wildman–Crippen MR) is 87.9 cm³/mol. The average Bonchev–Trinajstić information content (AvgIpc) is 2.85. The molecule has 1 fully saturated rings. The monoisotopic (exact) mass is 331 g/mol. The number of amides is 1. The molecule has 1 N–H and O–H groups in total. The number of ether oxygens (including phenoxy) is 1. The van der Waals surface area contributed by atoms with Gasteiger partial charge in [-0.05, 0) is 29.7 Å². The second-order valence-electron chi connectivity index (χ2n) is 5.65. The number of methoxy groups -OCH3 is 1. The highest BCUT2D eigenvalue weighted by atomic mass is 35.5. The quantitative estimate of drug-likeness (QED) is 0.870. The first-order valence-electron chi connectivity index (χ1n) is 7.49. The van der Waals surface area contributed by atoms with Crippen molar-refractivity contribution < 1.29 is 14.7 Å². The smallest absolute Gasteiger partial charge is 0.246 e. The maximum absolute atomic E-state index is 12.0. The first kappa shape index (κ1) is 15.8. The number of hydrogen-bond acceptors (Lipinski definition) is 3. The zero-order chi connectivity index (χ0) is 16.4. The molecular weight excluding hydrogens is 314 g/mol. The van der Waals surface area contributed by atoms with Crippen LogP contribution in [0.3, 0.4) is 0 Å². The molecule has 0 aromatic heterocycles. The van der Waals surface area contributed by atoms with Crippen molar-refractivity contribution in [1.29, 1.82) is 0 Å². The Kier molecular flexibility index (Phi) is 4.55. The van der Waals surface area contributed by atoms with Gasteiger partial charge in [0.15, 0.2) is 0 Å². The van der Waals surface area contributed by atoms with Gasteiger partial charge < -0.3 is 4.74 Å². The van der Waals surface area contributed by atoms with E-state index < -0.39 is 0 Å². The zero-order valence-electron chi connectivity index (χ0n) is 12.8. The van der Waals surface area contributed by atoms with E-state index in [1.54, 1.807) is 7.11 Å². The molecule has 2 atom stereocenters. The molecule has 0 aliphatic carbocycles. The van der Waals surface area contributed by atoms with Crippen LogP contribution in [0.4, 0.5) is 0 Å². The Hall–Kier alpha value is -2.04. The molecule has 1 saturated heterocycles. The second kappa shape index (κ2) is 6.60. The molecule has 3 rings (SSSR count). The number of nitrogens with zero attached hydrogens (tertiary/aromatic N) is 1. The van der Waals surface area contributed by atoms with Crippen molar-refractivity contribution >= 4 is 17.5 Å². The van der Waals surface area contributed by atoms with Gasteiger partial charge in [0.2, 0.25) is 5.91 Å². The molecular formula is C18H18ClNO3. The molecule has 2 unspecified atom stereocenters. The summed E-state index contributed by atoms with van der Waals surface area (Å²) in [4.78, 5) is 12.0. The number of hydroxylamine groups is 2. The third-order valence-electron chi connectivity index (χ3n) is 4.35. The highest BCUT2D eigenvalue weighted by Gasteiger charge is 2.41. The largest absolute Gasteiger partial charge is 0.496 e. The summed E-state index contributed by atoms with van der Waals surface area (Å²) in [7, 11) is 1.61. The van der Waals surface area contributed by atoms with Crippen LogP contribution in [0.1, 0.15) is 23.5 Å². The predicted octanol–water partition coefficient (Wildman–Crippen LogP) is 3.67. The Bertz CT molecular complexity index is 719. The van der Waals surface area contributed by atoms with Gasteiger partial charge >= 0.3 is 0 Å². The Morgan fingerprint density at radius 3 is 2.65 bits per heavy atom. The average molecular weight is 332 g/mol. The summed E-state index contributed by atoms with van der Waals surface area (Å²) >= 11 is 6.23. The van der Waals surface area contributed by atoms with E-state index in [1.165, 1.54) is 0 Å². The van der Waals surface area contributed by atoms with E-state index >= 15 is 0 Å². The van der Waals surface area contributed by atoms with Gasteiger partial charge in [-0.2, -0.15) is 0 Å². The minimum Gasteiger partial charge on any atom is -0.496 e. The fourth-order valence-electron chi connectivity index (χ4n) is 3.18. The number of hydrogen-bond donors (Lipinski definition) is 1. The number of para-hydroxylation sites is 1. The molecule has 0 radical (unpaired) electrons. The molecule has 1 aliphatic heterocycles. The SMILES string of the molecule is COc1ccccc1C1CC(=O)N(O)C1Cc1ccccc1Cl. The second-order valence-corrected chi connectivity index (χ2v) is 6.06. The molecule has 5 heteroatoms. The van der Waals surface area contributed by atoms with Crippen molar-refractivity contribution in [3.05, 3.63) is 64.7 Å². The minimum absolute atomic E-state index is 0.139. The Morgan fingerprint density at radius 2 is 1.91 bits per heavy atom. The maximum Gasteiger partial charge on any atom is 0.246 e. The summed E-state index contributed by atoms with van der Waals surface area (Å²) in [5.41, 5.74) is 1.84. The third-order valence-corrected chi connectivity index (χ3v) is 4.72. The van der Waals surface area contributed by atoms with Gasteiger partial charge in [-0.1, -0.05) is 48.0 Å². The lowest BCUT2D eigenvalue weighted by Crippen LogP contribution is -2.33. The first-order chi connectivity index (χ1) is 11.1. The van der Waals surface area contributed by atoms with Crippen LogP contribution in [0.5, 0.6) is 5.75 Å². The molecule has 1 amide bonds. The molecule has 1 heterocycles. The van der Waals surface area contributed by atoms with Gasteiger partial charge in [-0.25, -0.2) is 5.06 Å². The van der Waals surface area contributed by atoms with Gasteiger partial charge in [-0.15, -0.1) is 0 Å². The molecule has 0 saturated carbocycles. The summed E-state index contributed by atoms with van der Waals surface area (Å²) in [6.45, 7) is 0. The van der Waals surface area contributed by atoms with E-state index in [9.17, 15) is 10.0 Å². The van der Waals surface area contributed by atoms with Crippen molar-refractivity contribution in [3.8, 4) is 5.75 Å². The van der Waals surface area contributed by atoms with E-state index in [1.807, 2.05) is 48.5 Å². The van der Waals surface area contributed by atoms with Gasteiger partial charge in [0.05, 0.1) is 13.2 Å². The summed E-state index contributed by atoms with van der Waals surface area (Å²) in [5, 5.41) is 11.7. The summed E-state index contributed by atoms with van der Waals surface area (Å²) in [5.74, 6) is 0.308. The summed E-state index contributed by atoms with van der Waals surface area (Å²) in [6.07, 6.45) is 0.747. The van der Waals surface area contributed by atoms with Gasteiger partial charge in [-0.3, -0.25) is 10.0 Å². The van der Waals surface area contributed by atoms with Crippen molar-refractivity contribution in [1.82, 2.24) is 5.06 Å². The van der Waals surface area contributed by atoms with Crippen LogP contribution in [0.15, 0.2) is 48.5 Å². The lowest BCUT2D eigenvalue weighted by molar-refractivity contribution is -0.165. The molecule has 23 heavy (non-hydrogen) atoms. The van der Waals surface area contributed by atoms with Crippen LogP contribution in [-0.2, 0) is 11.2 Å². The molecule has 0 bridgehead atoms. The van der Waals surface area contributed by atoms with E-state index in [4.69, 9.17) is 16.3 Å². The summed E-state index contributed by atoms with van der Waals surface area (Å²) < 4.78 is 5.41. The standard InChI is InChI=1S/C18H18ClNO3/c1-23-17-9-5-3-7-13(17)14-11-18(21)20(22)16(14)10-12-6-2-4-8-15(12)19/h2-9,14,16,22H,10-11H2,1H3. The van der Waals surface area contributed by atoms with Crippen molar-refractivity contribution in [2.75, 3.05) is 7.11 Å². The minimum atomic E-state index is -0.362. The first-order valence-corrected chi connectivity index (χ1v) is 7.87. The maximum atomic E-state index is 12.0. The molecule has 2 aromatic carbocycles. The normalized spacial score (nSPS) is 20.8. The van der Waals surface area contributed by atoms with E-state index in [2.05, 4.69) is 0 Å². The van der Waals surface area contributed by atoms with Crippen LogP contribution >= 0.6 is 11.6 Å². The Balaban J connectivity index is 1.95. The van der Waals surface area contributed by atoms with E-state index in [-0.39, 0.29) is 24.3 Å². The van der Waals surface area contributed by atoms with Crippen LogP contribution in [0.2, 0.25) is 5.02 Å². The number of halogens is 1. The highest BCUT2D eigenvalue weighted by molar-refractivity contribution is 6.31. The van der Waals surface area contributed by atoms with Crippen LogP contribution in [0.25, 0.3) is 0 Å². The molecule has 0 spiro atoms. The van der Waals surface area contributed by atoms with Crippen molar-refractivity contribution in [2.24, 2.45) is 0 Å². The van der Waals surface area contributed by atoms with E-state index in [0.29, 0.717) is 11.4 Å². The number of rotatable bonds is 4. The number of benzene rings is 2. The molecule has 4 nitrogen and oxygen atoms in total. The van der Waals surface area contributed by atoms with Crippen LogP contribution in [0, 0.1) is 0 Å². The lowest BCUT2D eigenvalue weighted by Gasteiger charge is -2.25. The number of carbonyl (C=O) groups excluding carboxylic acids is 1. The molecule has 2 aromatic rings. The lowest BCUT2D eigenvalue weighted by atomic mass is 9.87. The van der Waals surface area contributed by atoms with Gasteiger partial charge in [0, 0.05) is 17.4 Å². The van der Waals surface area contributed by atoms with Gasteiger partial charge in [0.1, 0.15) is 5.75 Å². The number of carbonyl (C=O) groups is 1. The topological polar surface area (TPSA) is 49.8 Å². The summed E-state index contributed by atoms with van der Waals surface area (Å²) in [6, 6.07) is 14.7. The van der Waals surface area contributed by atoms with Crippen molar-refractivity contribution in [3.63, 3.8) is 0 Å². The van der Waals surface area contributed by atoms with E-state index in [0.717, 1.165) is 21.9 Å². The molecule has 1 aliphatic rings. The third kappa shape index (κ3) is 3.05. The Labute approximate surface area is 140 Å².